The lowest BCUT2D eigenvalue weighted by Crippen LogP contribution is -2.39. The minimum absolute atomic E-state index is 0.778. The van der Waals surface area contributed by atoms with E-state index in [2.05, 4.69) is 44.8 Å². The predicted octanol–water partition coefficient (Wildman–Crippen LogP) is 1.64. The van der Waals surface area contributed by atoms with Crippen LogP contribution in [0.25, 0.3) is 0 Å². The number of methoxy groups -OCH3 is 1. The first-order chi connectivity index (χ1) is 11.3. The van der Waals surface area contributed by atoms with E-state index in [9.17, 15) is 0 Å². The molecule has 0 spiro atoms. The fourth-order valence-electron chi connectivity index (χ4n) is 2.90. The summed E-state index contributed by atoms with van der Waals surface area (Å²) in [6.45, 7) is 5.99. The van der Waals surface area contributed by atoms with Crippen molar-refractivity contribution < 1.29 is 4.74 Å². The van der Waals surface area contributed by atoms with E-state index in [0.717, 1.165) is 51.6 Å². The molecule has 0 fully saturated rings. The van der Waals surface area contributed by atoms with Crippen molar-refractivity contribution in [3.8, 4) is 0 Å². The first-order valence-corrected chi connectivity index (χ1v) is 8.56. The van der Waals surface area contributed by atoms with Gasteiger partial charge in [0.1, 0.15) is 0 Å². The number of nitrogens with zero attached hydrogens (tertiary/aromatic N) is 2. The van der Waals surface area contributed by atoms with Crippen LogP contribution >= 0.6 is 0 Å². The Morgan fingerprint density at radius 3 is 2.65 bits per heavy atom. The summed E-state index contributed by atoms with van der Waals surface area (Å²) in [5.41, 5.74) is 3.00. The summed E-state index contributed by atoms with van der Waals surface area (Å²) in [5, 5.41) is 6.68. The highest BCUT2D eigenvalue weighted by molar-refractivity contribution is 5.79. The predicted molar refractivity (Wildman–Crippen MR) is 95.9 cm³/mol. The molecule has 0 aliphatic carbocycles. The number of guanidine groups is 1. The Morgan fingerprint density at radius 1 is 1.17 bits per heavy atom. The highest BCUT2D eigenvalue weighted by Gasteiger charge is 2.14. The van der Waals surface area contributed by atoms with Gasteiger partial charge in [-0.3, -0.25) is 9.89 Å². The van der Waals surface area contributed by atoms with Gasteiger partial charge in [-0.2, -0.15) is 0 Å². The molecule has 0 amide bonds. The molecule has 1 aliphatic rings. The third-order valence-corrected chi connectivity index (χ3v) is 4.19. The van der Waals surface area contributed by atoms with E-state index < -0.39 is 0 Å². The molecule has 1 aromatic carbocycles. The number of ether oxygens (including phenoxy) is 1. The Kier molecular flexibility index (Phi) is 7.90. The largest absolute Gasteiger partial charge is 0.385 e. The Balaban J connectivity index is 1.60. The number of hydrogen-bond acceptors (Lipinski definition) is 3. The Morgan fingerprint density at radius 2 is 1.91 bits per heavy atom. The summed E-state index contributed by atoms with van der Waals surface area (Å²) in [6, 6.07) is 8.80. The molecule has 0 unspecified atom stereocenters. The molecule has 2 N–H and O–H groups in total. The van der Waals surface area contributed by atoms with E-state index in [1.165, 1.54) is 24.1 Å². The average molecular weight is 318 g/mol. The lowest BCUT2D eigenvalue weighted by atomic mass is 10.00. The molecular formula is C18H30N4O. The SMILES string of the molecule is CN=C(NCCCOC)NCCCN1CCc2ccccc2C1. The third kappa shape index (κ3) is 6.20. The van der Waals surface area contributed by atoms with Crippen LogP contribution in [-0.2, 0) is 17.7 Å². The Hall–Kier alpha value is -1.59. The molecule has 0 saturated carbocycles. The summed E-state index contributed by atoms with van der Waals surface area (Å²) < 4.78 is 5.04. The molecule has 5 heteroatoms. The molecule has 0 bridgehead atoms. The van der Waals surface area contributed by atoms with Crippen LogP contribution in [0.15, 0.2) is 29.3 Å². The van der Waals surface area contributed by atoms with Gasteiger partial charge in [0.2, 0.25) is 0 Å². The standard InChI is InChI=1S/C18H30N4O/c1-19-18(21-11-6-14-23-2)20-10-5-12-22-13-9-16-7-3-4-8-17(16)15-22/h3-4,7-8H,5-6,9-15H2,1-2H3,(H2,19,20,21). The highest BCUT2D eigenvalue weighted by Crippen LogP contribution is 2.18. The van der Waals surface area contributed by atoms with Crippen LogP contribution < -0.4 is 10.6 Å². The molecule has 0 saturated heterocycles. The van der Waals surface area contributed by atoms with Gasteiger partial charge in [-0.1, -0.05) is 24.3 Å². The van der Waals surface area contributed by atoms with E-state index in [-0.39, 0.29) is 0 Å². The van der Waals surface area contributed by atoms with Crippen molar-refractivity contribution in [3.63, 3.8) is 0 Å². The van der Waals surface area contributed by atoms with Gasteiger partial charge >= 0.3 is 0 Å². The molecular weight excluding hydrogens is 288 g/mol. The molecule has 1 aliphatic heterocycles. The van der Waals surface area contributed by atoms with Crippen LogP contribution in [0.5, 0.6) is 0 Å². The maximum Gasteiger partial charge on any atom is 0.190 e. The second kappa shape index (κ2) is 10.2. The van der Waals surface area contributed by atoms with Crippen molar-refractivity contribution in [2.45, 2.75) is 25.8 Å². The smallest absolute Gasteiger partial charge is 0.190 e. The Labute approximate surface area is 140 Å². The van der Waals surface area contributed by atoms with E-state index in [4.69, 9.17) is 4.74 Å². The van der Waals surface area contributed by atoms with Crippen LogP contribution in [0.3, 0.4) is 0 Å². The van der Waals surface area contributed by atoms with Gasteiger partial charge in [0.25, 0.3) is 0 Å². The van der Waals surface area contributed by atoms with Crippen LogP contribution in [0, 0.1) is 0 Å². The topological polar surface area (TPSA) is 48.9 Å². The molecule has 0 aromatic heterocycles. The van der Waals surface area contributed by atoms with Crippen molar-refractivity contribution in [1.29, 1.82) is 0 Å². The van der Waals surface area contributed by atoms with E-state index in [0.29, 0.717) is 0 Å². The monoisotopic (exact) mass is 318 g/mol. The molecule has 1 aromatic rings. The third-order valence-electron chi connectivity index (χ3n) is 4.19. The quantitative estimate of drug-likeness (QED) is 0.435. The molecule has 1 heterocycles. The van der Waals surface area contributed by atoms with Gasteiger partial charge in [0, 0.05) is 53.5 Å². The van der Waals surface area contributed by atoms with Crippen LogP contribution in [-0.4, -0.2) is 57.8 Å². The minimum atomic E-state index is 0.778. The highest BCUT2D eigenvalue weighted by atomic mass is 16.5. The summed E-state index contributed by atoms with van der Waals surface area (Å²) in [5.74, 6) is 0.880. The van der Waals surface area contributed by atoms with Crippen LogP contribution in [0.1, 0.15) is 24.0 Å². The number of nitrogens with one attached hydrogen (secondary N) is 2. The zero-order valence-electron chi connectivity index (χ0n) is 14.5. The van der Waals surface area contributed by atoms with Gasteiger partial charge in [-0.05, 0) is 30.4 Å². The fourth-order valence-corrected chi connectivity index (χ4v) is 2.90. The number of aliphatic imine (C=N–C) groups is 1. The maximum atomic E-state index is 5.04. The first kappa shape index (κ1) is 17.8. The van der Waals surface area contributed by atoms with Gasteiger partial charge in [-0.15, -0.1) is 0 Å². The van der Waals surface area contributed by atoms with Gasteiger partial charge in [-0.25, -0.2) is 0 Å². The summed E-state index contributed by atoms with van der Waals surface area (Å²) in [6.07, 6.45) is 3.29. The number of hydrogen-bond donors (Lipinski definition) is 2. The van der Waals surface area contributed by atoms with Gasteiger partial charge < -0.3 is 15.4 Å². The second-order valence-electron chi connectivity index (χ2n) is 5.92. The van der Waals surface area contributed by atoms with Crippen molar-refractivity contribution in [1.82, 2.24) is 15.5 Å². The van der Waals surface area contributed by atoms with E-state index in [1.807, 2.05) is 7.05 Å². The van der Waals surface area contributed by atoms with Crippen molar-refractivity contribution in [2.75, 3.05) is 46.9 Å². The van der Waals surface area contributed by atoms with E-state index >= 15 is 0 Å². The van der Waals surface area contributed by atoms with Gasteiger partial charge in [0.15, 0.2) is 5.96 Å². The lowest BCUT2D eigenvalue weighted by Gasteiger charge is -2.28. The lowest BCUT2D eigenvalue weighted by molar-refractivity contribution is 0.195. The zero-order valence-corrected chi connectivity index (χ0v) is 14.5. The minimum Gasteiger partial charge on any atom is -0.385 e. The summed E-state index contributed by atoms with van der Waals surface area (Å²) >= 11 is 0. The Bertz CT molecular complexity index is 490. The average Bonchev–Trinajstić information content (AvgIpc) is 2.60. The second-order valence-corrected chi connectivity index (χ2v) is 5.92. The molecule has 0 atom stereocenters. The first-order valence-electron chi connectivity index (χ1n) is 8.56. The molecule has 2 rings (SSSR count). The van der Waals surface area contributed by atoms with E-state index in [1.54, 1.807) is 7.11 Å². The molecule has 5 nitrogen and oxygen atoms in total. The van der Waals surface area contributed by atoms with Crippen molar-refractivity contribution in [2.24, 2.45) is 4.99 Å². The van der Waals surface area contributed by atoms with Gasteiger partial charge in [0.05, 0.1) is 0 Å². The van der Waals surface area contributed by atoms with Crippen molar-refractivity contribution in [3.05, 3.63) is 35.4 Å². The number of benzene rings is 1. The molecule has 128 valence electrons. The normalized spacial score (nSPS) is 15.3. The zero-order chi connectivity index (χ0) is 16.3. The molecule has 23 heavy (non-hydrogen) atoms. The maximum absolute atomic E-state index is 5.04. The number of fused-ring (bicyclic) bond motifs is 1. The fraction of sp³-hybridized carbons (Fsp3) is 0.611. The summed E-state index contributed by atoms with van der Waals surface area (Å²) in [7, 11) is 3.54. The van der Waals surface area contributed by atoms with Crippen LogP contribution in [0.4, 0.5) is 0 Å². The van der Waals surface area contributed by atoms with Crippen LogP contribution in [0.2, 0.25) is 0 Å². The summed E-state index contributed by atoms with van der Waals surface area (Å²) in [4.78, 5) is 6.78. The number of rotatable bonds is 8. The molecule has 0 radical (unpaired) electrons. The van der Waals surface area contributed by atoms with Crippen molar-refractivity contribution >= 4 is 5.96 Å².